The lowest BCUT2D eigenvalue weighted by molar-refractivity contribution is 0.0525. The van der Waals surface area contributed by atoms with Gasteiger partial charge < -0.3 is 15.8 Å². The van der Waals surface area contributed by atoms with E-state index < -0.39 is 5.60 Å². The fraction of sp³-hybridized carbons (Fsp3) is 0.500. The van der Waals surface area contributed by atoms with Crippen molar-refractivity contribution in [1.29, 1.82) is 0 Å². The number of carbonyl (C=O) groups is 1. The quantitative estimate of drug-likeness (QED) is 0.463. The normalized spacial score (nSPS) is 11.7. The Balaban J connectivity index is 1.88. The summed E-state index contributed by atoms with van der Waals surface area (Å²) in [5.74, 6) is 0. The molecule has 0 aliphatic heterocycles. The van der Waals surface area contributed by atoms with Gasteiger partial charge in [0.2, 0.25) is 0 Å². The smallest absolute Gasteiger partial charge is 0.407 e. The summed E-state index contributed by atoms with van der Waals surface area (Å²) >= 11 is 0. The van der Waals surface area contributed by atoms with Gasteiger partial charge in [-0.3, -0.25) is 9.80 Å². The summed E-state index contributed by atoms with van der Waals surface area (Å²) in [7, 11) is 0. The lowest BCUT2D eigenvalue weighted by Crippen LogP contribution is -2.38. The van der Waals surface area contributed by atoms with Gasteiger partial charge in [-0.1, -0.05) is 60.7 Å². The molecule has 1 amide bonds. The molecule has 0 heterocycles. The molecule has 2 rings (SSSR count). The van der Waals surface area contributed by atoms with Crippen LogP contribution < -0.4 is 11.1 Å². The lowest BCUT2D eigenvalue weighted by Gasteiger charge is -2.28. The van der Waals surface area contributed by atoms with Crippen LogP contribution in [0.3, 0.4) is 0 Å². The molecule has 0 fully saturated rings. The molecule has 0 saturated heterocycles. The number of nitrogens with two attached hydrogens (primary N) is 1. The van der Waals surface area contributed by atoms with Gasteiger partial charge in [0.25, 0.3) is 0 Å². The van der Waals surface area contributed by atoms with Crippen molar-refractivity contribution in [2.75, 3.05) is 39.3 Å². The van der Waals surface area contributed by atoms with Crippen molar-refractivity contribution in [3.63, 3.8) is 0 Å². The Hall–Kier alpha value is -2.41. The zero-order valence-corrected chi connectivity index (χ0v) is 19.9. The van der Waals surface area contributed by atoms with Crippen molar-refractivity contribution in [2.45, 2.75) is 45.9 Å². The zero-order chi connectivity index (χ0) is 23.2. The van der Waals surface area contributed by atoms with Crippen LogP contribution in [-0.2, 0) is 17.8 Å². The van der Waals surface area contributed by atoms with Gasteiger partial charge in [0, 0.05) is 52.4 Å². The van der Waals surface area contributed by atoms with E-state index in [9.17, 15) is 4.79 Å². The maximum Gasteiger partial charge on any atom is 0.407 e. The minimum atomic E-state index is -0.478. The Kier molecular flexibility index (Phi) is 11.2. The van der Waals surface area contributed by atoms with Gasteiger partial charge in [0.1, 0.15) is 5.60 Å². The molecule has 6 heteroatoms. The van der Waals surface area contributed by atoms with E-state index in [1.807, 2.05) is 32.9 Å². The fourth-order valence-electron chi connectivity index (χ4n) is 3.50. The van der Waals surface area contributed by atoms with Crippen LogP contribution in [0, 0.1) is 0 Å². The van der Waals surface area contributed by atoms with E-state index in [-0.39, 0.29) is 6.09 Å². The van der Waals surface area contributed by atoms with Gasteiger partial charge in [0.05, 0.1) is 0 Å². The number of rotatable bonds is 13. The number of amides is 1. The van der Waals surface area contributed by atoms with Gasteiger partial charge >= 0.3 is 6.09 Å². The number of nitrogens with zero attached hydrogens (tertiary/aromatic N) is 2. The van der Waals surface area contributed by atoms with E-state index in [4.69, 9.17) is 10.5 Å². The first-order valence-electron chi connectivity index (χ1n) is 11.6. The first-order chi connectivity index (χ1) is 15.4. The minimum Gasteiger partial charge on any atom is -0.444 e. The second-order valence-corrected chi connectivity index (χ2v) is 9.09. The highest BCUT2D eigenvalue weighted by atomic mass is 16.6. The van der Waals surface area contributed by atoms with Crippen molar-refractivity contribution in [1.82, 2.24) is 15.1 Å². The van der Waals surface area contributed by atoms with Crippen LogP contribution in [0.1, 0.15) is 38.3 Å². The molecule has 0 spiro atoms. The standard InChI is InChI=1S/C26H40N4O2/c1-26(2,3)32-25(31)28-16-10-17-29(21-23-11-6-4-7-12-23)19-20-30(18-15-27)22-24-13-8-5-9-14-24/h4-9,11-14H,10,15-22,27H2,1-3H3,(H,28,31). The summed E-state index contributed by atoms with van der Waals surface area (Å²) in [6.07, 6.45) is 0.505. The molecule has 0 radical (unpaired) electrons. The van der Waals surface area contributed by atoms with Gasteiger partial charge in [-0.05, 0) is 38.3 Å². The third kappa shape index (κ3) is 11.3. The van der Waals surface area contributed by atoms with Crippen LogP contribution in [0.2, 0.25) is 0 Å². The summed E-state index contributed by atoms with van der Waals surface area (Å²) in [6, 6.07) is 21.0. The average molecular weight is 441 g/mol. The molecule has 0 aliphatic carbocycles. The van der Waals surface area contributed by atoms with Gasteiger partial charge in [-0.25, -0.2) is 4.79 Å². The molecule has 0 aromatic heterocycles. The summed E-state index contributed by atoms with van der Waals surface area (Å²) in [4.78, 5) is 16.7. The van der Waals surface area contributed by atoms with Crippen LogP contribution in [0.4, 0.5) is 4.79 Å². The summed E-state index contributed by atoms with van der Waals surface area (Å²) in [5, 5.41) is 2.86. The number of carbonyl (C=O) groups excluding carboxylic acids is 1. The lowest BCUT2D eigenvalue weighted by atomic mass is 10.2. The predicted octanol–water partition coefficient (Wildman–Crippen LogP) is 3.86. The van der Waals surface area contributed by atoms with E-state index >= 15 is 0 Å². The van der Waals surface area contributed by atoms with Crippen molar-refractivity contribution in [3.8, 4) is 0 Å². The summed E-state index contributed by atoms with van der Waals surface area (Å²) in [6.45, 7) is 12.3. The molecule has 3 N–H and O–H groups in total. The predicted molar refractivity (Wildman–Crippen MR) is 131 cm³/mol. The minimum absolute atomic E-state index is 0.357. The van der Waals surface area contributed by atoms with Crippen molar-refractivity contribution >= 4 is 6.09 Å². The molecule has 32 heavy (non-hydrogen) atoms. The molecule has 176 valence electrons. The molecule has 0 unspecified atom stereocenters. The Morgan fingerprint density at radius 1 is 0.844 bits per heavy atom. The third-order valence-electron chi connectivity index (χ3n) is 5.00. The molecule has 2 aromatic carbocycles. The highest BCUT2D eigenvalue weighted by molar-refractivity contribution is 5.67. The fourth-order valence-corrected chi connectivity index (χ4v) is 3.50. The maximum absolute atomic E-state index is 11.9. The van der Waals surface area contributed by atoms with Gasteiger partial charge in [-0.15, -0.1) is 0 Å². The second kappa shape index (κ2) is 13.9. The number of nitrogens with one attached hydrogen (secondary N) is 1. The molecular weight excluding hydrogens is 400 g/mol. The van der Waals surface area contributed by atoms with E-state index in [0.717, 1.165) is 45.7 Å². The maximum atomic E-state index is 11.9. The van der Waals surface area contributed by atoms with Crippen LogP contribution in [0.25, 0.3) is 0 Å². The van der Waals surface area contributed by atoms with Crippen LogP contribution in [0.15, 0.2) is 60.7 Å². The van der Waals surface area contributed by atoms with E-state index in [2.05, 4.69) is 63.6 Å². The SMILES string of the molecule is CC(C)(C)OC(=O)NCCCN(CCN(CCN)Cc1ccccc1)Cc1ccccc1. The Morgan fingerprint density at radius 3 is 1.81 bits per heavy atom. The molecular formula is C26H40N4O2. The Labute approximate surface area is 193 Å². The molecule has 6 nitrogen and oxygen atoms in total. The first kappa shape index (κ1) is 25.8. The molecule has 2 aromatic rings. The van der Waals surface area contributed by atoms with Crippen LogP contribution >= 0.6 is 0 Å². The van der Waals surface area contributed by atoms with Gasteiger partial charge in [-0.2, -0.15) is 0 Å². The van der Waals surface area contributed by atoms with E-state index in [1.165, 1.54) is 11.1 Å². The highest BCUT2D eigenvalue weighted by Gasteiger charge is 2.16. The van der Waals surface area contributed by atoms with Crippen molar-refractivity contribution in [2.24, 2.45) is 5.73 Å². The highest BCUT2D eigenvalue weighted by Crippen LogP contribution is 2.09. The summed E-state index contributed by atoms with van der Waals surface area (Å²) in [5.41, 5.74) is 7.99. The van der Waals surface area contributed by atoms with Crippen LogP contribution in [-0.4, -0.2) is 60.8 Å². The average Bonchev–Trinajstić information content (AvgIpc) is 2.75. The number of hydrogen-bond acceptors (Lipinski definition) is 5. The Morgan fingerprint density at radius 2 is 1.34 bits per heavy atom. The number of alkyl carbamates (subject to hydrolysis) is 1. The van der Waals surface area contributed by atoms with E-state index in [1.54, 1.807) is 0 Å². The third-order valence-corrected chi connectivity index (χ3v) is 5.00. The topological polar surface area (TPSA) is 70.8 Å². The van der Waals surface area contributed by atoms with E-state index in [0.29, 0.717) is 13.1 Å². The van der Waals surface area contributed by atoms with Crippen LogP contribution in [0.5, 0.6) is 0 Å². The number of benzene rings is 2. The second-order valence-electron chi connectivity index (χ2n) is 9.09. The number of hydrogen-bond donors (Lipinski definition) is 2. The largest absolute Gasteiger partial charge is 0.444 e. The van der Waals surface area contributed by atoms with Gasteiger partial charge in [0.15, 0.2) is 0 Å². The Bertz CT molecular complexity index is 762. The molecule has 0 atom stereocenters. The summed E-state index contributed by atoms with van der Waals surface area (Å²) < 4.78 is 5.32. The monoisotopic (exact) mass is 440 g/mol. The van der Waals surface area contributed by atoms with Crippen molar-refractivity contribution in [3.05, 3.63) is 71.8 Å². The molecule has 0 bridgehead atoms. The molecule has 0 saturated carbocycles. The van der Waals surface area contributed by atoms with Crippen molar-refractivity contribution < 1.29 is 9.53 Å². The first-order valence-corrected chi connectivity index (χ1v) is 11.6. The number of ether oxygens (including phenoxy) is 1. The zero-order valence-electron chi connectivity index (χ0n) is 19.9. The molecule has 0 aliphatic rings.